The van der Waals surface area contributed by atoms with Gasteiger partial charge in [-0.3, -0.25) is 19.2 Å². The van der Waals surface area contributed by atoms with Gasteiger partial charge in [0.25, 0.3) is 5.91 Å². The van der Waals surface area contributed by atoms with Crippen LogP contribution in [-0.4, -0.2) is 63.8 Å². The second-order valence-corrected chi connectivity index (χ2v) is 9.66. The number of carboxylic acids is 1. The molecular formula is C26H28B2N2O11. The summed E-state index contributed by atoms with van der Waals surface area (Å²) in [4.78, 5) is 55.5. The van der Waals surface area contributed by atoms with Crippen molar-refractivity contribution in [2.75, 3.05) is 0 Å². The Balaban J connectivity index is 0.000000226. The fourth-order valence-electron chi connectivity index (χ4n) is 4.61. The van der Waals surface area contributed by atoms with Crippen LogP contribution in [-0.2, 0) is 32.0 Å². The SMILES string of the molecule is C=C(O)c1cccc2c1OB(O)[C@@H](CC(=O)C(N)=O)C2.NC(=O)CC(=O)C[C@H]1Cc2cccc(C(=O)O)c2OB1O. The van der Waals surface area contributed by atoms with Crippen molar-refractivity contribution in [1.82, 2.24) is 0 Å². The third kappa shape index (κ3) is 7.74. The van der Waals surface area contributed by atoms with Gasteiger partial charge in [0.05, 0.1) is 17.5 Å². The van der Waals surface area contributed by atoms with Crippen LogP contribution >= 0.6 is 0 Å². The molecule has 2 atom stereocenters. The van der Waals surface area contributed by atoms with Crippen LogP contribution in [0.25, 0.3) is 5.76 Å². The molecule has 0 aromatic heterocycles. The Hall–Kier alpha value is -4.62. The molecule has 0 fully saturated rings. The van der Waals surface area contributed by atoms with E-state index in [0.29, 0.717) is 29.7 Å². The number of aliphatic hydroxyl groups excluding tert-OH is 1. The van der Waals surface area contributed by atoms with Gasteiger partial charge in [0.1, 0.15) is 23.0 Å². The molecule has 15 heteroatoms. The van der Waals surface area contributed by atoms with E-state index in [1.807, 2.05) is 0 Å². The minimum absolute atomic E-state index is 0.0338. The summed E-state index contributed by atoms with van der Waals surface area (Å²) in [5, 5.41) is 38.4. The highest BCUT2D eigenvalue weighted by atomic mass is 16.5. The molecular weight excluding hydrogens is 538 g/mol. The lowest BCUT2D eigenvalue weighted by molar-refractivity contribution is -0.136. The molecule has 0 spiro atoms. The zero-order valence-corrected chi connectivity index (χ0v) is 21.8. The lowest BCUT2D eigenvalue weighted by atomic mass is 9.64. The van der Waals surface area contributed by atoms with Gasteiger partial charge in [0.2, 0.25) is 11.7 Å². The molecule has 0 radical (unpaired) electrons. The van der Waals surface area contributed by atoms with Gasteiger partial charge < -0.3 is 41.0 Å². The summed E-state index contributed by atoms with van der Waals surface area (Å²) in [6.45, 7) is 3.43. The van der Waals surface area contributed by atoms with E-state index in [1.165, 1.54) is 6.07 Å². The second kappa shape index (κ2) is 13.2. The van der Waals surface area contributed by atoms with Gasteiger partial charge in [-0.15, -0.1) is 0 Å². The standard InChI is InChI=1S/C13H14BNO6.C13H14BNO5/c15-11(17)6-9(16)5-8-4-7-2-1-3-10(13(18)19)12(7)21-14(8)20;1-7(16)10-4-2-3-8-5-9(6-11(17)13(15)18)14(19)20-12(8)10/h1-3,8,20H,4-6H2,(H2,15,17)(H,18,19);2-4,9,16,19H,1,5-6H2,(H2,15,18)/t8-;9-/m11/s1. The molecule has 41 heavy (non-hydrogen) atoms. The number of hydrogen-bond donors (Lipinski definition) is 6. The maximum atomic E-state index is 11.6. The van der Waals surface area contributed by atoms with E-state index in [0.717, 1.165) is 5.56 Å². The van der Waals surface area contributed by atoms with Gasteiger partial charge in [-0.05, 0) is 36.1 Å². The van der Waals surface area contributed by atoms with E-state index >= 15 is 0 Å². The van der Waals surface area contributed by atoms with E-state index in [1.54, 1.807) is 30.3 Å². The van der Waals surface area contributed by atoms with Crippen LogP contribution in [0, 0.1) is 0 Å². The van der Waals surface area contributed by atoms with Crippen LogP contribution in [0.1, 0.15) is 46.3 Å². The number of fused-ring (bicyclic) bond motifs is 2. The first-order chi connectivity index (χ1) is 19.3. The summed E-state index contributed by atoms with van der Waals surface area (Å²) in [6, 6.07) is 9.72. The molecule has 2 heterocycles. The molecule has 8 N–H and O–H groups in total. The van der Waals surface area contributed by atoms with Gasteiger partial charge in [0, 0.05) is 24.5 Å². The zero-order valence-electron chi connectivity index (χ0n) is 21.8. The number of carbonyl (C=O) groups excluding carboxylic acids is 4. The van der Waals surface area contributed by atoms with Crippen LogP contribution in [0.5, 0.6) is 11.5 Å². The molecule has 0 saturated carbocycles. The van der Waals surface area contributed by atoms with Gasteiger partial charge in [-0.2, -0.15) is 0 Å². The molecule has 0 bridgehead atoms. The Labute approximate surface area is 235 Å². The molecule has 2 aromatic carbocycles. The molecule has 0 unspecified atom stereocenters. The number of aromatic carboxylic acids is 1. The Morgan fingerprint density at radius 2 is 1.32 bits per heavy atom. The van der Waals surface area contributed by atoms with E-state index in [2.05, 4.69) is 6.58 Å². The first-order valence-electron chi connectivity index (χ1n) is 12.5. The molecule has 2 aliphatic heterocycles. The first kappa shape index (κ1) is 30.9. The molecule has 2 aliphatic rings. The predicted octanol–water partition coefficient (Wildman–Crippen LogP) is 0.450. The van der Waals surface area contributed by atoms with Crippen LogP contribution in [0.3, 0.4) is 0 Å². The van der Waals surface area contributed by atoms with Crippen molar-refractivity contribution in [2.24, 2.45) is 11.5 Å². The first-order valence-corrected chi connectivity index (χ1v) is 12.5. The number of Topliss-reactive ketones (excluding diaryl/α,β-unsaturated/α-hetero) is 2. The fraction of sp³-hybridized carbons (Fsp3) is 0.269. The quantitative estimate of drug-likeness (QED) is 0.105. The largest absolute Gasteiger partial charge is 0.535 e. The molecule has 2 amide bonds. The summed E-state index contributed by atoms with van der Waals surface area (Å²) >= 11 is 0. The summed E-state index contributed by atoms with van der Waals surface area (Å²) < 4.78 is 10.6. The molecule has 214 valence electrons. The average molecular weight is 566 g/mol. The van der Waals surface area contributed by atoms with E-state index < -0.39 is 49.4 Å². The highest BCUT2D eigenvalue weighted by Gasteiger charge is 2.39. The summed E-state index contributed by atoms with van der Waals surface area (Å²) in [5.41, 5.74) is 11.5. The number of aliphatic hydroxyl groups is 1. The minimum atomic E-state index is -1.30. The normalized spacial score (nSPS) is 16.9. The van der Waals surface area contributed by atoms with Crippen LogP contribution in [0.2, 0.25) is 11.6 Å². The molecule has 0 saturated heterocycles. The number of carboxylic acid groups (broad SMARTS) is 1. The van der Waals surface area contributed by atoms with Crippen molar-refractivity contribution in [2.45, 2.75) is 43.7 Å². The number of carbonyl (C=O) groups is 5. The predicted molar refractivity (Wildman–Crippen MR) is 146 cm³/mol. The number of primary amides is 2. The number of benzene rings is 2. The molecule has 2 aromatic rings. The maximum Gasteiger partial charge on any atom is 0.526 e. The number of ketones is 2. The lowest BCUT2D eigenvalue weighted by Gasteiger charge is -2.28. The van der Waals surface area contributed by atoms with Crippen molar-refractivity contribution in [3.8, 4) is 11.5 Å². The Morgan fingerprint density at radius 3 is 1.78 bits per heavy atom. The Bertz CT molecular complexity index is 1400. The fourth-order valence-corrected chi connectivity index (χ4v) is 4.61. The van der Waals surface area contributed by atoms with Crippen molar-refractivity contribution in [1.29, 1.82) is 0 Å². The van der Waals surface area contributed by atoms with E-state index in [-0.39, 0.29) is 42.1 Å². The molecule has 13 nitrogen and oxygen atoms in total. The monoisotopic (exact) mass is 566 g/mol. The second-order valence-electron chi connectivity index (χ2n) is 9.66. The Morgan fingerprint density at radius 1 is 0.829 bits per heavy atom. The van der Waals surface area contributed by atoms with Crippen molar-refractivity contribution < 1.29 is 53.5 Å². The zero-order chi connectivity index (χ0) is 30.4. The van der Waals surface area contributed by atoms with E-state index in [9.17, 15) is 39.1 Å². The van der Waals surface area contributed by atoms with Crippen LogP contribution in [0.4, 0.5) is 0 Å². The third-order valence-electron chi connectivity index (χ3n) is 6.57. The average Bonchev–Trinajstić information content (AvgIpc) is 2.88. The number of rotatable bonds is 9. The van der Waals surface area contributed by atoms with Crippen LogP contribution in [0.15, 0.2) is 43.0 Å². The maximum absolute atomic E-state index is 11.6. The Kier molecular flexibility index (Phi) is 9.92. The smallest absolute Gasteiger partial charge is 0.526 e. The molecule has 0 aliphatic carbocycles. The lowest BCUT2D eigenvalue weighted by Crippen LogP contribution is -2.37. The van der Waals surface area contributed by atoms with E-state index in [4.69, 9.17) is 25.9 Å². The molecule has 4 rings (SSSR count). The van der Waals surface area contributed by atoms with Crippen molar-refractivity contribution in [3.05, 3.63) is 65.2 Å². The van der Waals surface area contributed by atoms with Crippen molar-refractivity contribution >= 4 is 49.3 Å². The highest BCUT2D eigenvalue weighted by molar-refractivity contribution is 6.48. The summed E-state index contributed by atoms with van der Waals surface area (Å²) in [6.07, 6.45) is 0.0189. The van der Waals surface area contributed by atoms with Gasteiger partial charge in [0.15, 0.2) is 0 Å². The topological polar surface area (TPSA) is 237 Å². The van der Waals surface area contributed by atoms with Crippen molar-refractivity contribution in [3.63, 3.8) is 0 Å². The van der Waals surface area contributed by atoms with Gasteiger partial charge in [-0.1, -0.05) is 30.8 Å². The van der Waals surface area contributed by atoms with Gasteiger partial charge >= 0.3 is 20.2 Å². The number of para-hydroxylation sites is 2. The van der Waals surface area contributed by atoms with Crippen LogP contribution < -0.4 is 20.8 Å². The number of amides is 2. The minimum Gasteiger partial charge on any atom is -0.535 e. The third-order valence-corrected chi connectivity index (χ3v) is 6.57. The summed E-state index contributed by atoms with van der Waals surface area (Å²) in [7, 11) is -2.54. The highest BCUT2D eigenvalue weighted by Crippen LogP contribution is 2.38. The number of hydrogen-bond acceptors (Lipinski definition) is 10. The van der Waals surface area contributed by atoms with Gasteiger partial charge in [-0.25, -0.2) is 4.79 Å². The number of nitrogens with two attached hydrogens (primary N) is 2. The summed E-state index contributed by atoms with van der Waals surface area (Å²) in [5.74, 6) is -4.82.